The van der Waals surface area contributed by atoms with Crippen LogP contribution in [0.1, 0.15) is 29.3 Å². The van der Waals surface area contributed by atoms with E-state index in [0.717, 1.165) is 10.5 Å². The van der Waals surface area contributed by atoms with E-state index in [-0.39, 0.29) is 19.6 Å². The van der Waals surface area contributed by atoms with Crippen molar-refractivity contribution in [1.29, 1.82) is 0 Å². The van der Waals surface area contributed by atoms with Crippen LogP contribution in [0.2, 0.25) is 0 Å². The highest BCUT2D eigenvalue weighted by molar-refractivity contribution is 6.22. The van der Waals surface area contributed by atoms with Gasteiger partial charge in [-0.3, -0.25) is 9.59 Å². The molecule has 1 aliphatic heterocycles. The van der Waals surface area contributed by atoms with E-state index in [1.165, 1.54) is 24.1 Å². The predicted molar refractivity (Wildman–Crippen MR) is 144 cm³/mol. The van der Waals surface area contributed by atoms with Gasteiger partial charge in [-0.2, -0.15) is 0 Å². The molecule has 39 heavy (non-hydrogen) atoms. The molecule has 1 atom stereocenters. The molecule has 1 saturated heterocycles. The van der Waals surface area contributed by atoms with Crippen LogP contribution in [-0.2, 0) is 20.9 Å². The topological polar surface area (TPSA) is 114 Å². The van der Waals surface area contributed by atoms with E-state index in [0.29, 0.717) is 28.4 Å². The Labute approximate surface area is 226 Å². The minimum Gasteiger partial charge on any atom is -0.497 e. The number of benzene rings is 3. The number of imide groups is 1. The fourth-order valence-corrected chi connectivity index (χ4v) is 4.26. The van der Waals surface area contributed by atoms with E-state index in [2.05, 4.69) is 5.32 Å². The summed E-state index contributed by atoms with van der Waals surface area (Å²) in [5.74, 6) is -0.357. The lowest BCUT2D eigenvalue weighted by Gasteiger charge is -2.22. The summed E-state index contributed by atoms with van der Waals surface area (Å²) in [5.41, 5.74) is 1.87. The molecule has 4 amide bonds. The summed E-state index contributed by atoms with van der Waals surface area (Å²) < 4.78 is 15.5. The van der Waals surface area contributed by atoms with Gasteiger partial charge in [-0.15, -0.1) is 0 Å². The number of hydrogen-bond acceptors (Lipinski definition) is 7. The Kier molecular flexibility index (Phi) is 8.45. The maximum atomic E-state index is 13.6. The van der Waals surface area contributed by atoms with Gasteiger partial charge >= 0.3 is 12.0 Å². The van der Waals surface area contributed by atoms with Crippen molar-refractivity contribution in [3.63, 3.8) is 0 Å². The van der Waals surface area contributed by atoms with Crippen LogP contribution in [0.25, 0.3) is 0 Å². The van der Waals surface area contributed by atoms with Crippen LogP contribution >= 0.6 is 0 Å². The molecule has 0 aromatic heterocycles. The summed E-state index contributed by atoms with van der Waals surface area (Å²) in [7, 11) is 3.04. The number of amides is 4. The van der Waals surface area contributed by atoms with Gasteiger partial charge in [-0.05, 0) is 61.0 Å². The first kappa shape index (κ1) is 27.2. The predicted octanol–water partition coefficient (Wildman–Crippen LogP) is 4.25. The molecule has 1 aliphatic rings. The van der Waals surface area contributed by atoms with E-state index < -0.39 is 29.9 Å². The van der Waals surface area contributed by atoms with Crippen molar-refractivity contribution in [2.45, 2.75) is 25.9 Å². The lowest BCUT2D eigenvalue weighted by molar-refractivity contribution is -0.124. The summed E-state index contributed by atoms with van der Waals surface area (Å²) in [4.78, 5) is 54.5. The minimum absolute atomic E-state index is 0.0917. The van der Waals surface area contributed by atoms with Crippen LogP contribution in [0.4, 0.5) is 16.2 Å². The first-order valence-electron chi connectivity index (χ1n) is 12.3. The van der Waals surface area contributed by atoms with Crippen LogP contribution in [0.15, 0.2) is 72.8 Å². The Balaban J connectivity index is 1.57. The van der Waals surface area contributed by atoms with Gasteiger partial charge in [0.25, 0.3) is 5.91 Å². The van der Waals surface area contributed by atoms with Gasteiger partial charge in [0.1, 0.15) is 17.5 Å². The van der Waals surface area contributed by atoms with Crippen molar-refractivity contribution < 1.29 is 33.4 Å². The normalized spacial score (nSPS) is 14.8. The highest BCUT2D eigenvalue weighted by Gasteiger charge is 2.46. The zero-order valence-corrected chi connectivity index (χ0v) is 21.9. The van der Waals surface area contributed by atoms with Gasteiger partial charge in [-0.25, -0.2) is 14.5 Å². The Bertz CT molecular complexity index is 1370. The molecule has 0 spiro atoms. The Morgan fingerprint density at radius 2 is 1.56 bits per heavy atom. The quantitative estimate of drug-likeness (QED) is 0.307. The van der Waals surface area contributed by atoms with Crippen LogP contribution < -0.4 is 19.7 Å². The van der Waals surface area contributed by atoms with Gasteiger partial charge < -0.3 is 24.4 Å². The second-order valence-electron chi connectivity index (χ2n) is 8.70. The molecule has 10 heteroatoms. The molecule has 0 bridgehead atoms. The van der Waals surface area contributed by atoms with Crippen molar-refractivity contribution in [2.75, 3.05) is 31.0 Å². The standard InChI is InChI=1S/C29H29N3O7/c1-4-39-28(35)20-11-13-21(14-12-20)30-26(33)17-25-27(34)32(22-8-6-10-24(16-22)38-3)29(36)31(25)18-19-7-5-9-23(15-19)37-2/h5-16,25H,4,17-18H2,1-3H3,(H,30,33)/t25-/m0/s1. The molecule has 1 heterocycles. The maximum absolute atomic E-state index is 13.6. The zero-order chi connectivity index (χ0) is 27.9. The number of urea groups is 1. The fourth-order valence-electron chi connectivity index (χ4n) is 4.26. The molecule has 0 saturated carbocycles. The Morgan fingerprint density at radius 3 is 2.23 bits per heavy atom. The summed E-state index contributed by atoms with van der Waals surface area (Å²) in [6, 6.07) is 18.4. The lowest BCUT2D eigenvalue weighted by atomic mass is 10.1. The molecule has 0 unspecified atom stereocenters. The molecule has 4 rings (SSSR count). The van der Waals surface area contributed by atoms with Gasteiger partial charge in [0, 0.05) is 18.3 Å². The third-order valence-corrected chi connectivity index (χ3v) is 6.18. The van der Waals surface area contributed by atoms with E-state index in [4.69, 9.17) is 14.2 Å². The van der Waals surface area contributed by atoms with Gasteiger partial charge in [0.05, 0.1) is 38.5 Å². The van der Waals surface area contributed by atoms with Crippen molar-refractivity contribution in [2.24, 2.45) is 0 Å². The number of nitrogens with one attached hydrogen (secondary N) is 1. The molecule has 1 fully saturated rings. The number of carbonyl (C=O) groups is 4. The summed E-state index contributed by atoms with van der Waals surface area (Å²) >= 11 is 0. The highest BCUT2D eigenvalue weighted by Crippen LogP contribution is 2.31. The van der Waals surface area contributed by atoms with Gasteiger partial charge in [0.15, 0.2) is 0 Å². The average Bonchev–Trinajstić information content (AvgIpc) is 3.17. The number of methoxy groups -OCH3 is 2. The van der Waals surface area contributed by atoms with Crippen LogP contribution in [0, 0.1) is 0 Å². The summed E-state index contributed by atoms with van der Waals surface area (Å²) in [6.45, 7) is 2.06. The van der Waals surface area contributed by atoms with E-state index in [1.807, 2.05) is 6.07 Å². The molecule has 202 valence electrons. The maximum Gasteiger partial charge on any atom is 0.338 e. The first-order valence-corrected chi connectivity index (χ1v) is 12.3. The monoisotopic (exact) mass is 531 g/mol. The second-order valence-corrected chi connectivity index (χ2v) is 8.70. The zero-order valence-electron chi connectivity index (χ0n) is 21.9. The second kappa shape index (κ2) is 12.1. The van der Waals surface area contributed by atoms with Crippen LogP contribution in [0.3, 0.4) is 0 Å². The van der Waals surface area contributed by atoms with E-state index in [1.54, 1.807) is 68.6 Å². The van der Waals surface area contributed by atoms with Crippen LogP contribution in [-0.4, -0.2) is 55.6 Å². The smallest absolute Gasteiger partial charge is 0.338 e. The molecule has 3 aromatic carbocycles. The summed E-state index contributed by atoms with van der Waals surface area (Å²) in [5, 5.41) is 2.74. The van der Waals surface area contributed by atoms with Crippen molar-refractivity contribution in [1.82, 2.24) is 4.90 Å². The van der Waals surface area contributed by atoms with Crippen LogP contribution in [0.5, 0.6) is 11.5 Å². The lowest BCUT2D eigenvalue weighted by Crippen LogP contribution is -2.37. The average molecular weight is 532 g/mol. The molecule has 0 radical (unpaired) electrons. The van der Waals surface area contributed by atoms with E-state index >= 15 is 0 Å². The van der Waals surface area contributed by atoms with Crippen molar-refractivity contribution in [3.8, 4) is 11.5 Å². The molecular weight excluding hydrogens is 502 g/mol. The SMILES string of the molecule is CCOC(=O)c1ccc(NC(=O)C[C@H]2C(=O)N(c3cccc(OC)c3)C(=O)N2Cc2cccc(OC)c2)cc1. The van der Waals surface area contributed by atoms with E-state index in [9.17, 15) is 19.2 Å². The summed E-state index contributed by atoms with van der Waals surface area (Å²) in [6.07, 6.45) is -0.269. The first-order chi connectivity index (χ1) is 18.8. The van der Waals surface area contributed by atoms with Gasteiger partial charge in [0.2, 0.25) is 5.91 Å². The molecular formula is C29H29N3O7. The van der Waals surface area contributed by atoms with Gasteiger partial charge in [-0.1, -0.05) is 18.2 Å². The molecule has 3 aromatic rings. The number of carbonyl (C=O) groups excluding carboxylic acids is 4. The third-order valence-electron chi connectivity index (χ3n) is 6.18. The number of hydrogen-bond donors (Lipinski definition) is 1. The Hall–Kier alpha value is -4.86. The number of anilines is 2. The number of esters is 1. The third kappa shape index (κ3) is 6.18. The largest absolute Gasteiger partial charge is 0.497 e. The number of rotatable bonds is 10. The Morgan fingerprint density at radius 1 is 0.897 bits per heavy atom. The molecule has 0 aliphatic carbocycles. The van der Waals surface area contributed by atoms with Crippen molar-refractivity contribution in [3.05, 3.63) is 83.9 Å². The van der Waals surface area contributed by atoms with Crippen molar-refractivity contribution >= 4 is 35.2 Å². The fraction of sp³-hybridized carbons (Fsp3) is 0.241. The number of ether oxygens (including phenoxy) is 3. The highest BCUT2D eigenvalue weighted by atomic mass is 16.5. The molecule has 10 nitrogen and oxygen atoms in total. The minimum atomic E-state index is -1.05. The number of nitrogens with zero attached hydrogens (tertiary/aromatic N) is 2. The molecule has 1 N–H and O–H groups in total.